The maximum absolute atomic E-state index is 15.0. The van der Waals surface area contributed by atoms with Crippen molar-refractivity contribution in [1.29, 1.82) is 0 Å². The molecule has 2 atom stereocenters. The Morgan fingerprint density at radius 3 is 2.64 bits per heavy atom. The van der Waals surface area contributed by atoms with E-state index in [0.29, 0.717) is 13.1 Å². The van der Waals surface area contributed by atoms with E-state index >= 15 is 0 Å². The molecule has 3 N–H and O–H groups in total. The monoisotopic (exact) mass is 416 g/mol. The molecule has 2 aromatic rings. The van der Waals surface area contributed by atoms with E-state index in [1.165, 1.54) is 4.57 Å². The highest BCUT2D eigenvalue weighted by molar-refractivity contribution is 5.91. The summed E-state index contributed by atoms with van der Waals surface area (Å²) in [7, 11) is 0. The Morgan fingerprint density at radius 1 is 1.36 bits per heavy atom. The molecule has 10 heteroatoms. The number of benzene rings is 1. The second-order valence-corrected chi connectivity index (χ2v) is 7.40. The number of nitrogens with one attached hydrogen (secondary N) is 1. The fourth-order valence-electron chi connectivity index (χ4n) is 3.93. The lowest BCUT2D eigenvalue weighted by atomic mass is 10.0. The lowest BCUT2D eigenvalue weighted by Gasteiger charge is -2.25. The highest BCUT2D eigenvalue weighted by Crippen LogP contribution is 2.43. The van der Waals surface area contributed by atoms with E-state index in [9.17, 15) is 18.4 Å². The molecule has 0 bridgehead atoms. The number of aromatic nitrogens is 2. The van der Waals surface area contributed by atoms with Crippen LogP contribution in [0.2, 0.25) is 0 Å². The van der Waals surface area contributed by atoms with E-state index < -0.39 is 23.9 Å². The quantitative estimate of drug-likeness (QED) is 0.778. The van der Waals surface area contributed by atoms with Crippen molar-refractivity contribution in [2.45, 2.75) is 38.3 Å². The summed E-state index contributed by atoms with van der Waals surface area (Å²) in [5.74, 6) is -0.598. The first-order valence-electron chi connectivity index (χ1n) is 9.12. The van der Waals surface area contributed by atoms with Gasteiger partial charge in [-0.25, -0.2) is 13.6 Å². The van der Waals surface area contributed by atoms with Crippen molar-refractivity contribution in [2.75, 3.05) is 24.9 Å². The molecule has 1 aromatic heterocycles. The normalized spacial score (nSPS) is 20.3. The molecule has 2 aliphatic rings. The molecule has 4 rings (SSSR count). The van der Waals surface area contributed by atoms with E-state index in [0.717, 1.165) is 25.3 Å². The summed E-state index contributed by atoms with van der Waals surface area (Å²) >= 11 is 0. The first kappa shape index (κ1) is 20.6. The molecule has 0 amide bonds. The summed E-state index contributed by atoms with van der Waals surface area (Å²) in [6, 6.07) is 0.940. The number of rotatable bonds is 5. The number of anilines is 1. The number of aromatic amines is 1. The largest absolute Gasteiger partial charge is 0.458 e. The Bertz CT molecular complexity index is 1000. The summed E-state index contributed by atoms with van der Waals surface area (Å²) in [5, 5.41) is -0.0193. The van der Waals surface area contributed by atoms with E-state index in [-0.39, 0.29) is 52.7 Å². The number of halogens is 3. The van der Waals surface area contributed by atoms with Crippen LogP contribution in [0.15, 0.2) is 15.7 Å². The number of nitrogens with two attached hydrogens (primary N) is 1. The minimum atomic E-state index is -1.19. The molecule has 154 valence electrons. The number of hydrogen-bond donors (Lipinski definition) is 2. The van der Waals surface area contributed by atoms with Crippen molar-refractivity contribution in [3.8, 4) is 5.75 Å². The Morgan fingerprint density at radius 2 is 2.07 bits per heavy atom. The SMILES string of the molecule is C[C@H](N)[C@@H]1CCN(c2c(F)cc3c(=O)[nH]c(=O)n(C4CC4)c3c2OCF)C1.Cl. The highest BCUT2D eigenvalue weighted by Gasteiger charge is 2.34. The van der Waals surface area contributed by atoms with Gasteiger partial charge in [0.25, 0.3) is 5.56 Å². The number of H-pyrrole nitrogens is 1. The maximum atomic E-state index is 15.0. The molecular weight excluding hydrogens is 394 g/mol. The van der Waals surface area contributed by atoms with Crippen LogP contribution in [0.3, 0.4) is 0 Å². The molecule has 0 radical (unpaired) electrons. The summed E-state index contributed by atoms with van der Waals surface area (Å²) in [6.45, 7) is 1.74. The zero-order chi connectivity index (χ0) is 19.3. The van der Waals surface area contributed by atoms with Crippen LogP contribution in [0.5, 0.6) is 5.75 Å². The first-order valence-corrected chi connectivity index (χ1v) is 9.12. The molecule has 0 spiro atoms. The predicted molar refractivity (Wildman–Crippen MR) is 105 cm³/mol. The molecule has 1 saturated carbocycles. The lowest BCUT2D eigenvalue weighted by molar-refractivity contribution is 0.193. The minimum absolute atomic E-state index is 0. The fraction of sp³-hybridized carbons (Fsp3) is 0.556. The second-order valence-electron chi connectivity index (χ2n) is 7.40. The van der Waals surface area contributed by atoms with Crippen LogP contribution in [-0.2, 0) is 0 Å². The summed E-state index contributed by atoms with van der Waals surface area (Å²) in [5.41, 5.74) is 4.91. The Hall–Kier alpha value is -2.13. The van der Waals surface area contributed by atoms with Gasteiger partial charge in [0.05, 0.1) is 5.39 Å². The molecule has 28 heavy (non-hydrogen) atoms. The topological polar surface area (TPSA) is 93.4 Å². The van der Waals surface area contributed by atoms with Gasteiger partial charge < -0.3 is 15.4 Å². The number of fused-ring (bicyclic) bond motifs is 1. The van der Waals surface area contributed by atoms with Gasteiger partial charge in [-0.05, 0) is 38.2 Å². The van der Waals surface area contributed by atoms with Crippen LogP contribution >= 0.6 is 12.4 Å². The summed E-state index contributed by atoms with van der Waals surface area (Å²) in [4.78, 5) is 28.6. The van der Waals surface area contributed by atoms with Crippen molar-refractivity contribution in [1.82, 2.24) is 9.55 Å². The molecule has 2 fully saturated rings. The van der Waals surface area contributed by atoms with Crippen molar-refractivity contribution in [3.05, 3.63) is 32.7 Å². The zero-order valence-corrected chi connectivity index (χ0v) is 16.2. The molecule has 1 aliphatic carbocycles. The Balaban J connectivity index is 0.00000225. The van der Waals surface area contributed by atoms with Gasteiger partial charge in [-0.15, -0.1) is 12.4 Å². The average Bonchev–Trinajstić information content (AvgIpc) is 3.32. The van der Waals surface area contributed by atoms with E-state index in [1.54, 1.807) is 4.90 Å². The van der Waals surface area contributed by atoms with Gasteiger partial charge in [-0.1, -0.05) is 0 Å². The van der Waals surface area contributed by atoms with Gasteiger partial charge in [-0.2, -0.15) is 0 Å². The molecular formula is C18H23ClF2N4O3. The highest BCUT2D eigenvalue weighted by atomic mass is 35.5. The third kappa shape index (κ3) is 3.37. The first-order chi connectivity index (χ1) is 12.9. The number of hydrogen-bond acceptors (Lipinski definition) is 5. The summed E-state index contributed by atoms with van der Waals surface area (Å²) in [6.07, 6.45) is 2.30. The van der Waals surface area contributed by atoms with Gasteiger partial charge >= 0.3 is 5.69 Å². The number of alkyl halides is 1. The molecule has 2 heterocycles. The molecule has 1 aliphatic heterocycles. The van der Waals surface area contributed by atoms with Crippen molar-refractivity contribution in [3.63, 3.8) is 0 Å². The van der Waals surface area contributed by atoms with Crippen LogP contribution in [0.1, 0.15) is 32.2 Å². The number of ether oxygens (including phenoxy) is 1. The van der Waals surface area contributed by atoms with E-state index in [2.05, 4.69) is 4.98 Å². The molecule has 0 unspecified atom stereocenters. The molecule has 1 saturated heterocycles. The van der Waals surface area contributed by atoms with E-state index in [1.807, 2.05) is 6.92 Å². The fourth-order valence-corrected chi connectivity index (χ4v) is 3.93. The van der Waals surface area contributed by atoms with Crippen LogP contribution in [0, 0.1) is 11.7 Å². The van der Waals surface area contributed by atoms with Crippen LogP contribution < -0.4 is 26.6 Å². The third-order valence-corrected chi connectivity index (χ3v) is 5.50. The third-order valence-electron chi connectivity index (χ3n) is 5.50. The predicted octanol–water partition coefficient (Wildman–Crippen LogP) is 2.06. The van der Waals surface area contributed by atoms with Crippen molar-refractivity contribution < 1.29 is 13.5 Å². The number of nitrogens with zero attached hydrogens (tertiary/aromatic N) is 2. The Labute approximate surface area is 165 Å². The standard InChI is InChI=1S/C18H22F2N4O3.ClH/c1-9(21)10-4-5-23(7-10)15-13(20)6-12-14(16(15)27-8-19)24(11-2-3-11)18(26)22-17(12)25;/h6,9-11H,2-5,7-8,21H2,1H3,(H,22,25,26);1H/t9-,10+;/m0./s1. The molecule has 1 aromatic carbocycles. The smallest absolute Gasteiger partial charge is 0.329 e. The second kappa shape index (κ2) is 7.71. The zero-order valence-electron chi connectivity index (χ0n) is 15.4. The maximum Gasteiger partial charge on any atom is 0.329 e. The van der Waals surface area contributed by atoms with Crippen molar-refractivity contribution >= 4 is 29.0 Å². The van der Waals surface area contributed by atoms with E-state index in [4.69, 9.17) is 10.5 Å². The van der Waals surface area contributed by atoms with Gasteiger partial charge in [0.15, 0.2) is 11.6 Å². The van der Waals surface area contributed by atoms with Crippen LogP contribution in [-0.4, -0.2) is 35.5 Å². The minimum Gasteiger partial charge on any atom is -0.458 e. The van der Waals surface area contributed by atoms with Gasteiger partial charge in [0.1, 0.15) is 11.2 Å². The average molecular weight is 417 g/mol. The summed E-state index contributed by atoms with van der Waals surface area (Å²) < 4.78 is 34.8. The Kier molecular flexibility index (Phi) is 5.67. The van der Waals surface area contributed by atoms with Gasteiger partial charge in [0.2, 0.25) is 6.86 Å². The lowest BCUT2D eigenvalue weighted by Crippen LogP contribution is -2.32. The van der Waals surface area contributed by atoms with Gasteiger partial charge in [-0.3, -0.25) is 14.3 Å². The van der Waals surface area contributed by atoms with Crippen molar-refractivity contribution in [2.24, 2.45) is 11.7 Å². The van der Waals surface area contributed by atoms with Crippen LogP contribution in [0.25, 0.3) is 10.9 Å². The van der Waals surface area contributed by atoms with Crippen LogP contribution in [0.4, 0.5) is 14.5 Å². The van der Waals surface area contributed by atoms with Gasteiger partial charge in [0, 0.05) is 25.2 Å². The molecule has 7 nitrogen and oxygen atoms in total.